The summed E-state index contributed by atoms with van der Waals surface area (Å²) in [5.41, 5.74) is 0. The van der Waals surface area contributed by atoms with E-state index >= 15 is 0 Å². The summed E-state index contributed by atoms with van der Waals surface area (Å²) in [7, 11) is 0. The highest BCUT2D eigenvalue weighted by Gasteiger charge is 2.07. The molecule has 0 saturated carbocycles. The summed E-state index contributed by atoms with van der Waals surface area (Å²) < 4.78 is 2.28. The van der Waals surface area contributed by atoms with Crippen LogP contribution in [-0.4, -0.2) is 21.1 Å². The zero-order valence-corrected chi connectivity index (χ0v) is 10.2. The lowest BCUT2D eigenvalue weighted by molar-refractivity contribution is 0.620. The van der Waals surface area contributed by atoms with Crippen LogP contribution in [0.1, 0.15) is 32.0 Å². The van der Waals surface area contributed by atoms with Crippen LogP contribution in [0.15, 0.2) is 17.3 Å². The van der Waals surface area contributed by atoms with Crippen molar-refractivity contribution in [2.24, 2.45) is 11.0 Å². The molecule has 2 rings (SSSR count). The van der Waals surface area contributed by atoms with Crippen molar-refractivity contribution in [2.75, 3.05) is 0 Å². The first-order valence-electron chi connectivity index (χ1n) is 5.67. The molecule has 4 nitrogen and oxygen atoms in total. The van der Waals surface area contributed by atoms with Gasteiger partial charge in [-0.25, -0.2) is 0 Å². The molecule has 0 aliphatic heterocycles. The number of nitrogens with one attached hydrogen (secondary N) is 1. The molecule has 1 heterocycles. The number of aromatic amines is 1. The van der Waals surface area contributed by atoms with Crippen LogP contribution in [-0.2, 0) is 6.42 Å². The Kier molecular flexibility index (Phi) is 3.66. The number of H-pyrrole nitrogens is 1. The molecule has 5 heteroatoms. The Bertz CT molecular complexity index is 455. The lowest BCUT2D eigenvalue weighted by Crippen LogP contribution is -2.06. The van der Waals surface area contributed by atoms with Crippen LogP contribution in [0.5, 0.6) is 0 Å². The lowest BCUT2D eigenvalue weighted by atomic mass is 9.96. The van der Waals surface area contributed by atoms with E-state index in [1.54, 1.807) is 4.68 Å². The maximum Gasteiger partial charge on any atom is 0.216 e. The first kappa shape index (κ1) is 11.3. The normalized spacial score (nSPS) is 20.7. The van der Waals surface area contributed by atoms with Gasteiger partial charge in [-0.05, 0) is 37.4 Å². The van der Waals surface area contributed by atoms with Gasteiger partial charge in [0.25, 0.3) is 0 Å². The fourth-order valence-electron chi connectivity index (χ4n) is 1.79. The molecule has 1 aromatic rings. The maximum absolute atomic E-state index is 5.12. The SMILES string of the molecule is CCc1n[nH]c(=S)n1/N=C/C1CC=CCC1. The van der Waals surface area contributed by atoms with Crippen molar-refractivity contribution in [3.63, 3.8) is 0 Å². The number of allylic oxidation sites excluding steroid dienone is 2. The number of aromatic nitrogens is 3. The highest BCUT2D eigenvalue weighted by Crippen LogP contribution is 2.16. The molecule has 16 heavy (non-hydrogen) atoms. The molecule has 0 fully saturated rings. The van der Waals surface area contributed by atoms with Gasteiger partial charge < -0.3 is 0 Å². The van der Waals surface area contributed by atoms with Crippen molar-refractivity contribution in [3.05, 3.63) is 22.7 Å². The van der Waals surface area contributed by atoms with Gasteiger partial charge in [0.1, 0.15) is 0 Å². The summed E-state index contributed by atoms with van der Waals surface area (Å²) in [6.07, 6.45) is 10.7. The second kappa shape index (κ2) is 5.21. The number of hydrogen-bond acceptors (Lipinski definition) is 3. The molecule has 1 unspecified atom stereocenters. The van der Waals surface area contributed by atoms with Crippen LogP contribution in [0.2, 0.25) is 0 Å². The second-order valence-electron chi connectivity index (χ2n) is 3.92. The molecular weight excluding hydrogens is 220 g/mol. The van der Waals surface area contributed by atoms with Crippen LogP contribution < -0.4 is 0 Å². The van der Waals surface area contributed by atoms with Gasteiger partial charge in [-0.3, -0.25) is 5.10 Å². The fourth-order valence-corrected chi connectivity index (χ4v) is 1.98. The molecule has 1 aromatic heterocycles. The van der Waals surface area contributed by atoms with Crippen LogP contribution in [0.25, 0.3) is 0 Å². The zero-order chi connectivity index (χ0) is 11.4. The molecule has 1 aliphatic carbocycles. The minimum Gasteiger partial charge on any atom is -0.250 e. The first-order chi connectivity index (χ1) is 7.81. The van der Waals surface area contributed by atoms with Gasteiger partial charge in [0.15, 0.2) is 5.82 Å². The zero-order valence-electron chi connectivity index (χ0n) is 9.39. The highest BCUT2D eigenvalue weighted by molar-refractivity contribution is 7.71. The Balaban J connectivity index is 2.13. The van der Waals surface area contributed by atoms with Crippen molar-refractivity contribution < 1.29 is 0 Å². The Morgan fingerprint density at radius 3 is 3.25 bits per heavy atom. The number of nitrogens with zero attached hydrogens (tertiary/aromatic N) is 3. The van der Waals surface area contributed by atoms with Crippen LogP contribution in [0.3, 0.4) is 0 Å². The number of hydrogen-bond donors (Lipinski definition) is 1. The van der Waals surface area contributed by atoms with Crippen molar-refractivity contribution in [2.45, 2.75) is 32.6 Å². The predicted molar refractivity (Wildman–Crippen MR) is 67.2 cm³/mol. The molecule has 0 radical (unpaired) electrons. The molecule has 0 amide bonds. The summed E-state index contributed by atoms with van der Waals surface area (Å²) >= 11 is 5.12. The third kappa shape index (κ3) is 2.47. The number of aryl methyl sites for hydroxylation is 1. The van der Waals surface area contributed by atoms with Gasteiger partial charge in [-0.2, -0.15) is 14.9 Å². The van der Waals surface area contributed by atoms with Crippen LogP contribution >= 0.6 is 12.2 Å². The van der Waals surface area contributed by atoms with Crippen molar-refractivity contribution >= 4 is 18.4 Å². The minimum absolute atomic E-state index is 0.534. The van der Waals surface area contributed by atoms with Crippen molar-refractivity contribution in [1.29, 1.82) is 0 Å². The Morgan fingerprint density at radius 2 is 2.56 bits per heavy atom. The quantitative estimate of drug-likeness (QED) is 0.498. The third-order valence-corrected chi connectivity index (χ3v) is 3.00. The van der Waals surface area contributed by atoms with E-state index in [2.05, 4.69) is 27.5 Å². The summed E-state index contributed by atoms with van der Waals surface area (Å²) in [5.74, 6) is 1.42. The van der Waals surface area contributed by atoms with E-state index in [1.807, 2.05) is 13.1 Å². The van der Waals surface area contributed by atoms with Gasteiger partial charge in [-0.15, -0.1) is 0 Å². The summed E-state index contributed by atoms with van der Waals surface area (Å²) in [5, 5.41) is 11.3. The smallest absolute Gasteiger partial charge is 0.216 e. The van der Waals surface area contributed by atoms with Crippen LogP contribution in [0, 0.1) is 10.7 Å². The molecule has 86 valence electrons. The van der Waals surface area contributed by atoms with E-state index < -0.39 is 0 Å². The van der Waals surface area contributed by atoms with Crippen molar-refractivity contribution in [3.8, 4) is 0 Å². The summed E-state index contributed by atoms with van der Waals surface area (Å²) in [6.45, 7) is 2.04. The van der Waals surface area contributed by atoms with E-state index in [0.29, 0.717) is 10.7 Å². The van der Waals surface area contributed by atoms with E-state index in [-0.39, 0.29) is 0 Å². The van der Waals surface area contributed by atoms with Crippen LogP contribution in [0.4, 0.5) is 0 Å². The summed E-state index contributed by atoms with van der Waals surface area (Å²) in [6, 6.07) is 0. The van der Waals surface area contributed by atoms with E-state index in [4.69, 9.17) is 12.2 Å². The molecule has 0 bridgehead atoms. The molecule has 0 aromatic carbocycles. The Labute approximate surface area is 100 Å². The standard InChI is InChI=1S/C11H16N4S/c1-2-10-13-14-11(16)15(10)12-8-9-6-4-3-5-7-9/h3-4,8-9H,2,5-7H2,1H3,(H,14,16)/b12-8+. The van der Waals surface area contributed by atoms with Gasteiger partial charge in [0.05, 0.1) is 0 Å². The molecule has 1 N–H and O–H groups in total. The Morgan fingerprint density at radius 1 is 1.69 bits per heavy atom. The largest absolute Gasteiger partial charge is 0.250 e. The fraction of sp³-hybridized carbons (Fsp3) is 0.545. The molecule has 1 aliphatic rings. The lowest BCUT2D eigenvalue weighted by Gasteiger charge is -2.11. The third-order valence-electron chi connectivity index (χ3n) is 2.74. The van der Waals surface area contributed by atoms with Crippen molar-refractivity contribution in [1.82, 2.24) is 14.9 Å². The van der Waals surface area contributed by atoms with Gasteiger partial charge in [0, 0.05) is 12.6 Å². The second-order valence-corrected chi connectivity index (χ2v) is 4.31. The monoisotopic (exact) mass is 236 g/mol. The van der Waals surface area contributed by atoms with E-state index in [9.17, 15) is 0 Å². The molecule has 0 spiro atoms. The highest BCUT2D eigenvalue weighted by atomic mass is 32.1. The summed E-state index contributed by atoms with van der Waals surface area (Å²) in [4.78, 5) is 0. The molecule has 1 atom stereocenters. The Hall–Kier alpha value is -1.23. The van der Waals surface area contributed by atoms with Gasteiger partial charge >= 0.3 is 0 Å². The van der Waals surface area contributed by atoms with Gasteiger partial charge in [-0.1, -0.05) is 19.1 Å². The maximum atomic E-state index is 5.12. The molecular formula is C11H16N4S. The van der Waals surface area contributed by atoms with E-state index in [1.165, 1.54) is 6.42 Å². The van der Waals surface area contributed by atoms with E-state index in [0.717, 1.165) is 25.1 Å². The average molecular weight is 236 g/mol. The molecule has 0 saturated heterocycles. The predicted octanol–water partition coefficient (Wildman–Crippen LogP) is 2.69. The van der Waals surface area contributed by atoms with Gasteiger partial charge in [0.2, 0.25) is 4.77 Å². The topological polar surface area (TPSA) is 46.0 Å². The first-order valence-corrected chi connectivity index (χ1v) is 6.08. The average Bonchev–Trinajstić information content (AvgIpc) is 2.69. The number of rotatable bonds is 3. The minimum atomic E-state index is 0.534.